The Labute approximate surface area is 214 Å². The number of aliphatic hydroxyl groups excluding tert-OH is 1. The number of piperazine rings is 1. The van der Waals surface area contributed by atoms with E-state index in [4.69, 9.17) is 5.10 Å². The topological polar surface area (TPSA) is 134 Å². The van der Waals surface area contributed by atoms with Gasteiger partial charge in [0.25, 0.3) is 0 Å². The van der Waals surface area contributed by atoms with Crippen LogP contribution < -0.4 is 10.2 Å². The number of rotatable bonds is 6. The first-order chi connectivity index (χ1) is 17.9. The smallest absolute Gasteiger partial charge is 0.162 e. The van der Waals surface area contributed by atoms with E-state index in [9.17, 15) is 13.5 Å². The molecule has 2 saturated heterocycles. The second-order valence-electron chi connectivity index (χ2n) is 9.61. The molecule has 13 heteroatoms. The highest BCUT2D eigenvalue weighted by Gasteiger charge is 2.34. The lowest BCUT2D eigenvalue weighted by atomic mass is 10.2. The Morgan fingerprint density at radius 1 is 1.11 bits per heavy atom. The molecular formula is C24H29N9O3S. The average molecular weight is 524 g/mol. The number of aryl methyl sites for hydroxylation is 1. The van der Waals surface area contributed by atoms with E-state index in [1.165, 1.54) is 0 Å². The van der Waals surface area contributed by atoms with Crippen molar-refractivity contribution in [2.45, 2.75) is 25.6 Å². The Hall–Kier alpha value is -3.55. The summed E-state index contributed by atoms with van der Waals surface area (Å²) in [5.74, 6) is 2.50. The third-order valence-electron chi connectivity index (χ3n) is 7.06. The van der Waals surface area contributed by atoms with Crippen molar-refractivity contribution >= 4 is 27.1 Å². The Balaban J connectivity index is 1.25. The van der Waals surface area contributed by atoms with Gasteiger partial charge in [0.1, 0.15) is 5.82 Å². The number of hydrogen-bond donors (Lipinski definition) is 2. The molecule has 0 aliphatic carbocycles. The van der Waals surface area contributed by atoms with Gasteiger partial charge in [0.05, 0.1) is 23.3 Å². The molecule has 194 valence electrons. The van der Waals surface area contributed by atoms with Gasteiger partial charge in [-0.05, 0) is 31.0 Å². The first-order valence-electron chi connectivity index (χ1n) is 12.3. The number of fused-ring (bicyclic) bond motifs is 1. The van der Waals surface area contributed by atoms with Crippen molar-refractivity contribution in [3.63, 3.8) is 0 Å². The third-order valence-corrected chi connectivity index (χ3v) is 8.81. The maximum absolute atomic E-state index is 11.9. The van der Waals surface area contributed by atoms with Gasteiger partial charge < -0.3 is 15.3 Å². The number of sulfone groups is 1. The SMILES string of the molecule is Cc1ccc(-n2nc(N3CCN(C4CCS(=O)(=O)C4)CC3)cc2NC(O)c2cnn3cccnc23)nc1. The van der Waals surface area contributed by atoms with Crippen molar-refractivity contribution in [3.05, 3.63) is 60.2 Å². The van der Waals surface area contributed by atoms with Crippen molar-refractivity contribution in [1.82, 2.24) is 34.3 Å². The Morgan fingerprint density at radius 2 is 1.95 bits per heavy atom. The van der Waals surface area contributed by atoms with Crippen LogP contribution in [0.2, 0.25) is 0 Å². The second-order valence-corrected chi connectivity index (χ2v) is 11.8. The van der Waals surface area contributed by atoms with Crippen molar-refractivity contribution in [3.8, 4) is 5.82 Å². The first kappa shape index (κ1) is 23.8. The minimum absolute atomic E-state index is 0.105. The molecule has 12 nitrogen and oxygen atoms in total. The summed E-state index contributed by atoms with van der Waals surface area (Å²) >= 11 is 0. The molecule has 4 aromatic rings. The third kappa shape index (κ3) is 4.77. The van der Waals surface area contributed by atoms with Crippen LogP contribution in [0.15, 0.2) is 49.1 Å². The molecule has 0 amide bonds. The van der Waals surface area contributed by atoms with Crippen LogP contribution in [-0.4, -0.2) is 91.5 Å². The molecule has 0 spiro atoms. The van der Waals surface area contributed by atoms with Crippen LogP contribution in [0.25, 0.3) is 11.5 Å². The fourth-order valence-corrected chi connectivity index (χ4v) is 6.78. The molecule has 0 saturated carbocycles. The van der Waals surface area contributed by atoms with Crippen LogP contribution in [0.4, 0.5) is 11.6 Å². The standard InChI is InChI=1S/C24H29N9O3S/c1-17-3-4-20(26-14-17)33-21(28-24(34)19-15-27-32-7-2-6-25-23(19)32)13-22(29-33)31-10-8-30(9-11-31)18-5-12-37(35,36)16-18/h2-4,6-7,13-15,18,24,28,34H,5,8-12,16H2,1H3. The number of hydrogen-bond acceptors (Lipinski definition) is 10. The molecule has 2 aliphatic rings. The number of aliphatic hydroxyl groups is 1. The van der Waals surface area contributed by atoms with Crippen molar-refractivity contribution in [2.75, 3.05) is 47.9 Å². The Kier molecular flexibility index (Phi) is 6.05. The van der Waals surface area contributed by atoms with E-state index in [0.717, 1.165) is 37.6 Å². The van der Waals surface area contributed by atoms with Crippen LogP contribution >= 0.6 is 0 Å². The summed E-state index contributed by atoms with van der Waals surface area (Å²) in [4.78, 5) is 13.3. The molecule has 2 unspecified atom stereocenters. The quantitative estimate of drug-likeness (QED) is 0.353. The van der Waals surface area contributed by atoms with Gasteiger partial charge in [-0.25, -0.2) is 22.9 Å². The summed E-state index contributed by atoms with van der Waals surface area (Å²) in [6.07, 6.45) is 6.45. The van der Waals surface area contributed by atoms with Gasteiger partial charge >= 0.3 is 0 Å². The Morgan fingerprint density at radius 3 is 2.68 bits per heavy atom. The lowest BCUT2D eigenvalue weighted by Crippen LogP contribution is -2.50. The van der Waals surface area contributed by atoms with Crippen LogP contribution in [0.3, 0.4) is 0 Å². The van der Waals surface area contributed by atoms with Gasteiger partial charge in [-0.1, -0.05) is 6.07 Å². The molecule has 37 heavy (non-hydrogen) atoms. The molecule has 0 aromatic carbocycles. The highest BCUT2D eigenvalue weighted by Crippen LogP contribution is 2.28. The van der Waals surface area contributed by atoms with E-state index in [0.29, 0.717) is 29.3 Å². The maximum Gasteiger partial charge on any atom is 0.162 e. The highest BCUT2D eigenvalue weighted by atomic mass is 32.2. The van der Waals surface area contributed by atoms with Crippen LogP contribution in [0.5, 0.6) is 0 Å². The summed E-state index contributed by atoms with van der Waals surface area (Å²) in [5, 5.41) is 23.3. The summed E-state index contributed by atoms with van der Waals surface area (Å²) in [5.41, 5.74) is 2.15. The fourth-order valence-electron chi connectivity index (χ4n) is 5.02. The van der Waals surface area contributed by atoms with Crippen LogP contribution in [0.1, 0.15) is 23.8 Å². The predicted molar refractivity (Wildman–Crippen MR) is 139 cm³/mol. The van der Waals surface area contributed by atoms with Gasteiger partial charge in [-0.3, -0.25) is 4.90 Å². The van der Waals surface area contributed by atoms with Gasteiger partial charge in [-0.15, -0.1) is 5.10 Å². The van der Waals surface area contributed by atoms with E-state index < -0.39 is 16.1 Å². The normalized spacial score (nSPS) is 20.9. The molecule has 2 fully saturated rings. The molecule has 4 aromatic heterocycles. The molecule has 6 heterocycles. The monoisotopic (exact) mass is 523 g/mol. The number of nitrogens with one attached hydrogen (secondary N) is 1. The highest BCUT2D eigenvalue weighted by molar-refractivity contribution is 7.91. The zero-order valence-corrected chi connectivity index (χ0v) is 21.3. The van der Waals surface area contributed by atoms with E-state index >= 15 is 0 Å². The van der Waals surface area contributed by atoms with E-state index in [1.54, 1.807) is 40.1 Å². The zero-order chi connectivity index (χ0) is 25.6. The van der Waals surface area contributed by atoms with Crippen molar-refractivity contribution < 1.29 is 13.5 Å². The fraction of sp³-hybridized carbons (Fsp3) is 0.417. The van der Waals surface area contributed by atoms with Crippen LogP contribution in [-0.2, 0) is 9.84 Å². The van der Waals surface area contributed by atoms with Gasteiger partial charge in [0, 0.05) is 56.9 Å². The number of aromatic nitrogens is 6. The van der Waals surface area contributed by atoms with Gasteiger partial charge in [0.15, 0.2) is 33.3 Å². The zero-order valence-electron chi connectivity index (χ0n) is 20.5. The lowest BCUT2D eigenvalue weighted by Gasteiger charge is -2.37. The molecule has 0 bridgehead atoms. The summed E-state index contributed by atoms with van der Waals surface area (Å²) in [6.45, 7) is 4.98. The molecule has 2 atom stereocenters. The molecule has 6 rings (SSSR count). The molecule has 2 aliphatic heterocycles. The van der Waals surface area contributed by atoms with Crippen molar-refractivity contribution in [2.24, 2.45) is 0 Å². The Bertz CT molecular complexity index is 1510. The van der Waals surface area contributed by atoms with Gasteiger partial charge in [-0.2, -0.15) is 9.78 Å². The number of pyridine rings is 1. The van der Waals surface area contributed by atoms with E-state index in [2.05, 4.69) is 30.2 Å². The number of nitrogens with zero attached hydrogens (tertiary/aromatic N) is 8. The van der Waals surface area contributed by atoms with Crippen LogP contribution in [0, 0.1) is 6.92 Å². The van der Waals surface area contributed by atoms with Gasteiger partial charge in [0.2, 0.25) is 0 Å². The average Bonchev–Trinajstić information content (AvgIpc) is 3.61. The summed E-state index contributed by atoms with van der Waals surface area (Å²) in [7, 11) is -2.91. The van der Waals surface area contributed by atoms with E-state index in [1.807, 2.05) is 25.1 Å². The minimum Gasteiger partial charge on any atom is -0.369 e. The van der Waals surface area contributed by atoms with E-state index in [-0.39, 0.29) is 17.5 Å². The largest absolute Gasteiger partial charge is 0.369 e. The maximum atomic E-state index is 11.9. The molecular weight excluding hydrogens is 494 g/mol. The minimum atomic E-state index is -2.91. The van der Waals surface area contributed by atoms with Crippen molar-refractivity contribution in [1.29, 1.82) is 0 Å². The second kappa shape index (κ2) is 9.39. The lowest BCUT2D eigenvalue weighted by molar-refractivity contribution is 0.200. The number of anilines is 2. The molecule has 2 N–H and O–H groups in total. The molecule has 0 radical (unpaired) electrons. The summed E-state index contributed by atoms with van der Waals surface area (Å²) < 4.78 is 27.1. The predicted octanol–water partition coefficient (Wildman–Crippen LogP) is 1.03. The first-order valence-corrected chi connectivity index (χ1v) is 14.1. The summed E-state index contributed by atoms with van der Waals surface area (Å²) in [6, 6.07) is 7.64.